The number of anilines is 1. The molecule has 2 saturated carbocycles. The topological polar surface area (TPSA) is 106 Å². The molecule has 7 nitrogen and oxygen atoms in total. The number of aryl methyl sites for hydroxylation is 2. The van der Waals surface area contributed by atoms with E-state index in [1.807, 2.05) is 0 Å². The minimum absolute atomic E-state index is 0.0500. The van der Waals surface area contributed by atoms with Crippen LogP contribution in [0, 0.1) is 40.2 Å². The van der Waals surface area contributed by atoms with Gasteiger partial charge in [0, 0.05) is 11.5 Å². The molecule has 3 rings (SSSR count). The maximum absolute atomic E-state index is 13.2. The van der Waals surface area contributed by atoms with E-state index in [1.54, 1.807) is 34.6 Å². The lowest BCUT2D eigenvalue weighted by Crippen LogP contribution is -2.47. The van der Waals surface area contributed by atoms with Crippen LogP contribution < -0.4 is 5.32 Å². The average Bonchev–Trinajstić information content (AvgIpc) is 2.82. The monoisotopic (exact) mass is 358 g/mol. The lowest BCUT2D eigenvalue weighted by Gasteiger charge is -2.37. The van der Waals surface area contributed by atoms with E-state index < -0.39 is 38.6 Å². The first-order chi connectivity index (χ1) is 11.9. The second-order valence-corrected chi connectivity index (χ2v) is 8.19. The van der Waals surface area contributed by atoms with E-state index in [0.29, 0.717) is 6.42 Å². The third kappa shape index (κ3) is 1.91. The number of nitrogens with zero attached hydrogens (tertiary/aromatic N) is 1. The number of Topliss-reactive ketones (excluding diaryl/α,β-unsaturated/α-hetero) is 2. The number of ketones is 2. The molecule has 0 saturated heterocycles. The van der Waals surface area contributed by atoms with Gasteiger partial charge in [0.2, 0.25) is 17.5 Å². The van der Waals surface area contributed by atoms with Gasteiger partial charge in [-0.05, 0) is 49.3 Å². The fourth-order valence-electron chi connectivity index (χ4n) is 4.55. The molecule has 2 aliphatic rings. The number of carbonyl (C=O) groups excluding carboxylic acids is 3. The van der Waals surface area contributed by atoms with Gasteiger partial charge in [-0.3, -0.25) is 24.5 Å². The van der Waals surface area contributed by atoms with Gasteiger partial charge >= 0.3 is 0 Å². The van der Waals surface area contributed by atoms with Crippen molar-refractivity contribution in [1.82, 2.24) is 0 Å². The van der Waals surface area contributed by atoms with Gasteiger partial charge in [0.05, 0.1) is 4.92 Å². The fourth-order valence-corrected chi connectivity index (χ4v) is 4.55. The molecule has 0 aliphatic heterocycles. The van der Waals surface area contributed by atoms with E-state index in [9.17, 15) is 24.5 Å². The second kappa shape index (κ2) is 5.22. The molecule has 0 heterocycles. The molecule has 1 amide bonds. The van der Waals surface area contributed by atoms with Crippen LogP contribution in [0.1, 0.15) is 44.7 Å². The van der Waals surface area contributed by atoms with Gasteiger partial charge in [-0.1, -0.05) is 20.8 Å². The minimum Gasteiger partial charge on any atom is -0.319 e. The number of benzene rings is 1. The lowest BCUT2D eigenvalue weighted by molar-refractivity contribution is -0.384. The summed E-state index contributed by atoms with van der Waals surface area (Å²) in [4.78, 5) is 49.2. The fraction of sp³-hybridized carbons (Fsp3) is 0.526. The molecule has 26 heavy (non-hydrogen) atoms. The van der Waals surface area contributed by atoms with Gasteiger partial charge in [0.15, 0.2) is 0 Å². The van der Waals surface area contributed by atoms with Crippen molar-refractivity contribution in [2.24, 2.45) is 16.2 Å². The Morgan fingerprint density at radius 2 is 1.65 bits per heavy atom. The van der Waals surface area contributed by atoms with Crippen LogP contribution in [-0.2, 0) is 14.4 Å². The first-order valence-electron chi connectivity index (χ1n) is 8.56. The zero-order valence-electron chi connectivity index (χ0n) is 15.6. The van der Waals surface area contributed by atoms with Crippen LogP contribution in [0.15, 0.2) is 12.1 Å². The van der Waals surface area contributed by atoms with Crippen LogP contribution >= 0.6 is 0 Å². The molecule has 1 aromatic carbocycles. The summed E-state index contributed by atoms with van der Waals surface area (Å²) in [7, 11) is 0. The maximum Gasteiger partial charge on any atom is 0.293 e. The molecule has 1 aromatic rings. The van der Waals surface area contributed by atoms with Crippen molar-refractivity contribution in [2.45, 2.75) is 47.5 Å². The van der Waals surface area contributed by atoms with Crippen molar-refractivity contribution >= 4 is 28.8 Å². The normalized spacial score (nSPS) is 29.1. The van der Waals surface area contributed by atoms with E-state index in [0.717, 1.165) is 11.1 Å². The van der Waals surface area contributed by atoms with E-state index in [2.05, 4.69) is 5.32 Å². The highest BCUT2D eigenvalue weighted by Crippen LogP contribution is 2.69. The van der Waals surface area contributed by atoms with Crippen LogP contribution in [0.25, 0.3) is 0 Å². The molecule has 0 radical (unpaired) electrons. The Hall–Kier alpha value is -2.57. The number of hydrogen-bond acceptors (Lipinski definition) is 5. The Morgan fingerprint density at radius 3 is 2.15 bits per heavy atom. The zero-order valence-corrected chi connectivity index (χ0v) is 15.6. The highest BCUT2D eigenvalue weighted by Gasteiger charge is 2.77. The predicted molar refractivity (Wildman–Crippen MR) is 94.8 cm³/mol. The molecule has 1 N–H and O–H groups in total. The Bertz CT molecular complexity index is 888. The summed E-state index contributed by atoms with van der Waals surface area (Å²) < 4.78 is 0. The Morgan fingerprint density at radius 1 is 1.08 bits per heavy atom. The molecule has 2 atom stereocenters. The van der Waals surface area contributed by atoms with Crippen LogP contribution in [0.4, 0.5) is 11.4 Å². The summed E-state index contributed by atoms with van der Waals surface area (Å²) in [6, 6.07) is 2.93. The number of amides is 1. The Labute approximate surface area is 151 Å². The van der Waals surface area contributed by atoms with Gasteiger partial charge in [-0.15, -0.1) is 0 Å². The van der Waals surface area contributed by atoms with Crippen molar-refractivity contribution in [3.63, 3.8) is 0 Å². The molecule has 0 aromatic heterocycles. The van der Waals surface area contributed by atoms with Gasteiger partial charge in [-0.2, -0.15) is 0 Å². The summed E-state index contributed by atoms with van der Waals surface area (Å²) >= 11 is 0. The van der Waals surface area contributed by atoms with Crippen LogP contribution in [0.5, 0.6) is 0 Å². The van der Waals surface area contributed by atoms with E-state index >= 15 is 0 Å². The molecule has 7 heteroatoms. The first kappa shape index (κ1) is 18.2. The first-order valence-corrected chi connectivity index (χ1v) is 8.56. The number of nitrogens with one attached hydrogen (secondary N) is 1. The number of fused-ring (bicyclic) bond motifs is 2. The summed E-state index contributed by atoms with van der Waals surface area (Å²) in [5.74, 6) is -1.83. The third-order valence-corrected chi connectivity index (χ3v) is 6.99. The molecule has 2 bridgehead atoms. The number of nitro benzene ring substituents is 1. The number of rotatable bonds is 3. The summed E-state index contributed by atoms with van der Waals surface area (Å²) in [6.45, 7) is 8.78. The largest absolute Gasteiger partial charge is 0.319 e. The molecule has 2 unspecified atom stereocenters. The van der Waals surface area contributed by atoms with Crippen molar-refractivity contribution in [2.75, 3.05) is 5.32 Å². The summed E-state index contributed by atoms with van der Waals surface area (Å²) in [5, 5.41) is 14.0. The molecular formula is C19H22N2O5. The van der Waals surface area contributed by atoms with Crippen molar-refractivity contribution in [3.05, 3.63) is 33.4 Å². The Kier molecular flexibility index (Phi) is 3.66. The minimum atomic E-state index is -1.48. The van der Waals surface area contributed by atoms with Gasteiger partial charge in [-0.25, -0.2) is 0 Å². The van der Waals surface area contributed by atoms with E-state index in [1.165, 1.54) is 12.1 Å². The van der Waals surface area contributed by atoms with E-state index in [4.69, 9.17) is 0 Å². The predicted octanol–water partition coefficient (Wildman–Crippen LogP) is 3.11. The number of nitro groups is 1. The smallest absolute Gasteiger partial charge is 0.293 e. The molecule has 0 spiro atoms. The van der Waals surface area contributed by atoms with Crippen LogP contribution in [0.2, 0.25) is 0 Å². The SMILES string of the molecule is Cc1cc(NC(=O)C23CCC(C)(C(=O)C2=O)C3(C)C)c([N+](=O)[O-])cc1C. The second-order valence-electron chi connectivity index (χ2n) is 8.19. The molecule has 138 valence electrons. The average molecular weight is 358 g/mol. The molecular weight excluding hydrogens is 336 g/mol. The van der Waals surface area contributed by atoms with Crippen molar-refractivity contribution in [3.8, 4) is 0 Å². The standard InChI is InChI=1S/C19H22N2O5/c1-10-8-12(13(21(25)26)9-11(10)2)20-16(24)19-7-6-18(5,17(19,3)4)14(22)15(19)23/h8-9H,6-7H2,1-5H3,(H,20,24). The lowest BCUT2D eigenvalue weighted by atomic mass is 9.64. The van der Waals surface area contributed by atoms with Gasteiger partial charge in [0.1, 0.15) is 11.1 Å². The molecule has 2 aliphatic carbocycles. The van der Waals surface area contributed by atoms with Crippen molar-refractivity contribution in [1.29, 1.82) is 0 Å². The third-order valence-electron chi connectivity index (χ3n) is 6.99. The zero-order chi connectivity index (χ0) is 19.7. The van der Waals surface area contributed by atoms with Crippen LogP contribution in [0.3, 0.4) is 0 Å². The number of carbonyl (C=O) groups is 3. The van der Waals surface area contributed by atoms with Gasteiger partial charge < -0.3 is 5.32 Å². The molecule has 2 fully saturated rings. The maximum atomic E-state index is 13.2. The highest BCUT2D eigenvalue weighted by molar-refractivity contribution is 6.49. The highest BCUT2D eigenvalue weighted by atomic mass is 16.6. The summed E-state index contributed by atoms with van der Waals surface area (Å²) in [6.07, 6.45) is 0.721. The summed E-state index contributed by atoms with van der Waals surface area (Å²) in [5.41, 5.74) is -1.88. The quantitative estimate of drug-likeness (QED) is 0.387. The van der Waals surface area contributed by atoms with E-state index in [-0.39, 0.29) is 17.8 Å². The van der Waals surface area contributed by atoms with Gasteiger partial charge in [0.25, 0.3) is 5.69 Å². The van der Waals surface area contributed by atoms with Crippen molar-refractivity contribution < 1.29 is 19.3 Å². The number of hydrogen-bond donors (Lipinski definition) is 1. The van der Waals surface area contributed by atoms with Crippen LogP contribution in [-0.4, -0.2) is 22.4 Å². The Balaban J connectivity index is 2.07.